The van der Waals surface area contributed by atoms with Crippen molar-refractivity contribution in [2.24, 2.45) is 0 Å². The van der Waals surface area contributed by atoms with E-state index in [0.29, 0.717) is 5.92 Å². The van der Waals surface area contributed by atoms with Gasteiger partial charge in [-0.15, -0.1) is 0 Å². The van der Waals surface area contributed by atoms with E-state index in [4.69, 9.17) is 0 Å². The second-order valence-electron chi connectivity index (χ2n) is 5.38. The molecule has 0 spiro atoms. The monoisotopic (exact) mass is 259 g/mol. The Bertz CT molecular complexity index is 502. The highest BCUT2D eigenvalue weighted by atomic mass is 15.3. The lowest BCUT2D eigenvalue weighted by atomic mass is 9.95. The van der Waals surface area contributed by atoms with Gasteiger partial charge in [0.1, 0.15) is 0 Å². The number of aryl methyl sites for hydroxylation is 1. The maximum atomic E-state index is 4.41. The third kappa shape index (κ3) is 3.04. The van der Waals surface area contributed by atoms with Gasteiger partial charge in [0.05, 0.1) is 12.2 Å². The van der Waals surface area contributed by atoms with E-state index in [1.54, 1.807) is 0 Å². The molecule has 1 N–H and O–H groups in total. The third-order valence-corrected chi connectivity index (χ3v) is 3.85. The van der Waals surface area contributed by atoms with E-state index in [-0.39, 0.29) is 0 Å². The normalized spacial score (nSPS) is 20.8. The van der Waals surface area contributed by atoms with Gasteiger partial charge in [-0.2, -0.15) is 10.2 Å². The Balaban J connectivity index is 1.56. The minimum absolute atomic E-state index is 0.580. The molecule has 0 bridgehead atoms. The lowest BCUT2D eigenvalue weighted by molar-refractivity contribution is 0.197. The minimum Gasteiger partial charge on any atom is -0.301 e. The number of likely N-dealkylation sites (tertiary alicyclic amines) is 1. The lowest BCUT2D eigenvalue weighted by Crippen LogP contribution is -2.36. The number of hydrogen-bond donors (Lipinski definition) is 1. The molecule has 0 amide bonds. The number of nitrogens with one attached hydrogen (secondary N) is 1. The van der Waals surface area contributed by atoms with Crippen LogP contribution < -0.4 is 0 Å². The number of aromatic amines is 1. The molecular formula is C14H21N5. The van der Waals surface area contributed by atoms with Gasteiger partial charge in [-0.25, -0.2) is 0 Å². The van der Waals surface area contributed by atoms with E-state index in [1.165, 1.54) is 25.1 Å². The molecule has 1 aliphatic heterocycles. The molecule has 0 radical (unpaired) electrons. The van der Waals surface area contributed by atoms with Gasteiger partial charge in [0.15, 0.2) is 0 Å². The fourth-order valence-electron chi connectivity index (χ4n) is 2.82. The van der Waals surface area contributed by atoms with Gasteiger partial charge in [0, 0.05) is 37.1 Å². The summed E-state index contributed by atoms with van der Waals surface area (Å²) in [5, 5.41) is 11.7. The number of H-pyrrole nitrogens is 1. The molecule has 19 heavy (non-hydrogen) atoms. The van der Waals surface area contributed by atoms with E-state index < -0.39 is 0 Å². The van der Waals surface area contributed by atoms with Crippen LogP contribution in [0.25, 0.3) is 0 Å². The van der Waals surface area contributed by atoms with Crippen molar-refractivity contribution in [3.8, 4) is 0 Å². The van der Waals surface area contributed by atoms with Crippen molar-refractivity contribution in [1.82, 2.24) is 24.9 Å². The zero-order valence-corrected chi connectivity index (χ0v) is 11.4. The van der Waals surface area contributed by atoms with Crippen molar-refractivity contribution in [1.29, 1.82) is 0 Å². The fraction of sp³-hybridized carbons (Fsp3) is 0.571. The van der Waals surface area contributed by atoms with E-state index in [1.807, 2.05) is 23.1 Å². The molecule has 0 aliphatic carbocycles. The Morgan fingerprint density at radius 1 is 1.42 bits per heavy atom. The Morgan fingerprint density at radius 3 is 3.11 bits per heavy atom. The Labute approximate surface area is 113 Å². The predicted octanol–water partition coefficient (Wildman–Crippen LogP) is 1.79. The van der Waals surface area contributed by atoms with Gasteiger partial charge in [-0.3, -0.25) is 9.78 Å². The topological polar surface area (TPSA) is 49.7 Å². The summed E-state index contributed by atoms with van der Waals surface area (Å²) in [6.45, 7) is 6.42. The summed E-state index contributed by atoms with van der Waals surface area (Å²) in [5.41, 5.74) is 2.38. The molecule has 1 atom stereocenters. The molecule has 1 saturated heterocycles. The number of nitrogens with zero attached hydrogens (tertiary/aromatic N) is 4. The molecule has 2 aromatic rings. The van der Waals surface area contributed by atoms with Crippen LogP contribution >= 0.6 is 0 Å². The first-order valence-electron chi connectivity index (χ1n) is 7.03. The summed E-state index contributed by atoms with van der Waals surface area (Å²) < 4.78 is 2.00. The zero-order valence-electron chi connectivity index (χ0n) is 11.4. The summed E-state index contributed by atoms with van der Waals surface area (Å²) in [5.74, 6) is 0.580. The van der Waals surface area contributed by atoms with Crippen molar-refractivity contribution in [3.63, 3.8) is 0 Å². The molecule has 2 aromatic heterocycles. The Hall–Kier alpha value is -1.62. The quantitative estimate of drug-likeness (QED) is 0.910. The first-order valence-corrected chi connectivity index (χ1v) is 7.03. The predicted molar refractivity (Wildman–Crippen MR) is 74.0 cm³/mol. The standard InChI is InChI=1S/C14H21N5/c1-12-10-14(17-16-12)13-4-2-6-18(11-13)8-9-19-7-3-5-15-19/h3,5,7,10,13H,2,4,6,8-9,11H2,1H3,(H,16,17). The second-order valence-corrected chi connectivity index (χ2v) is 5.38. The van der Waals surface area contributed by atoms with Gasteiger partial charge in [-0.05, 0) is 38.4 Å². The van der Waals surface area contributed by atoms with Crippen LogP contribution in [-0.2, 0) is 6.54 Å². The molecule has 1 aliphatic rings. The van der Waals surface area contributed by atoms with Gasteiger partial charge in [0.25, 0.3) is 0 Å². The highest BCUT2D eigenvalue weighted by molar-refractivity contribution is 5.13. The maximum absolute atomic E-state index is 4.41. The summed E-state index contributed by atoms with van der Waals surface area (Å²) in [6.07, 6.45) is 6.38. The van der Waals surface area contributed by atoms with Gasteiger partial charge in [-0.1, -0.05) is 0 Å². The van der Waals surface area contributed by atoms with Gasteiger partial charge >= 0.3 is 0 Å². The molecule has 3 rings (SSSR count). The largest absolute Gasteiger partial charge is 0.301 e. The average Bonchev–Trinajstić information content (AvgIpc) is 3.08. The second kappa shape index (κ2) is 5.57. The summed E-state index contributed by atoms with van der Waals surface area (Å²) in [6, 6.07) is 4.16. The number of piperidine rings is 1. The fourth-order valence-corrected chi connectivity index (χ4v) is 2.82. The zero-order chi connectivity index (χ0) is 13.1. The first-order chi connectivity index (χ1) is 9.31. The van der Waals surface area contributed by atoms with Crippen LogP contribution in [0.1, 0.15) is 30.1 Å². The van der Waals surface area contributed by atoms with E-state index in [9.17, 15) is 0 Å². The van der Waals surface area contributed by atoms with Crippen LogP contribution in [0.2, 0.25) is 0 Å². The molecule has 0 saturated carbocycles. The minimum atomic E-state index is 0.580. The van der Waals surface area contributed by atoms with E-state index in [2.05, 4.69) is 33.2 Å². The van der Waals surface area contributed by atoms with Crippen molar-refractivity contribution < 1.29 is 0 Å². The van der Waals surface area contributed by atoms with Gasteiger partial charge in [0.2, 0.25) is 0 Å². The van der Waals surface area contributed by atoms with Crippen LogP contribution in [0.15, 0.2) is 24.5 Å². The molecule has 102 valence electrons. The summed E-state index contributed by atoms with van der Waals surface area (Å²) in [4.78, 5) is 2.53. The molecule has 5 nitrogen and oxygen atoms in total. The number of rotatable bonds is 4. The third-order valence-electron chi connectivity index (χ3n) is 3.85. The smallest absolute Gasteiger partial charge is 0.0668 e. The van der Waals surface area contributed by atoms with Gasteiger partial charge < -0.3 is 4.90 Å². The number of aromatic nitrogens is 4. The first kappa shape index (κ1) is 12.4. The number of hydrogen-bond acceptors (Lipinski definition) is 3. The van der Waals surface area contributed by atoms with Crippen LogP contribution in [0, 0.1) is 6.92 Å². The average molecular weight is 259 g/mol. The van der Waals surface area contributed by atoms with Crippen LogP contribution in [-0.4, -0.2) is 44.5 Å². The van der Waals surface area contributed by atoms with Crippen LogP contribution in [0.4, 0.5) is 0 Å². The van der Waals surface area contributed by atoms with Crippen molar-refractivity contribution in [3.05, 3.63) is 35.9 Å². The molecule has 0 aromatic carbocycles. The van der Waals surface area contributed by atoms with Crippen LogP contribution in [0.3, 0.4) is 0 Å². The van der Waals surface area contributed by atoms with Crippen molar-refractivity contribution in [2.45, 2.75) is 32.2 Å². The molecule has 3 heterocycles. The highest BCUT2D eigenvalue weighted by Gasteiger charge is 2.22. The Morgan fingerprint density at radius 2 is 2.37 bits per heavy atom. The molecular weight excluding hydrogens is 238 g/mol. The molecule has 5 heteroatoms. The highest BCUT2D eigenvalue weighted by Crippen LogP contribution is 2.25. The SMILES string of the molecule is Cc1cc(C2CCCN(CCn3cccn3)C2)n[nH]1. The maximum Gasteiger partial charge on any atom is 0.0668 e. The Kier molecular flexibility index (Phi) is 3.64. The van der Waals surface area contributed by atoms with E-state index in [0.717, 1.165) is 25.3 Å². The van der Waals surface area contributed by atoms with Crippen molar-refractivity contribution >= 4 is 0 Å². The van der Waals surface area contributed by atoms with Crippen molar-refractivity contribution in [2.75, 3.05) is 19.6 Å². The van der Waals surface area contributed by atoms with E-state index >= 15 is 0 Å². The summed E-state index contributed by atoms with van der Waals surface area (Å²) in [7, 11) is 0. The molecule has 1 fully saturated rings. The summed E-state index contributed by atoms with van der Waals surface area (Å²) >= 11 is 0. The van der Waals surface area contributed by atoms with Crippen LogP contribution in [0.5, 0.6) is 0 Å². The molecule has 1 unspecified atom stereocenters. The lowest BCUT2D eigenvalue weighted by Gasteiger charge is -2.31.